The maximum absolute atomic E-state index is 10.8. The third-order valence-electron chi connectivity index (χ3n) is 2.18. The standard InChI is InChI=1S/C11H8N2O4/c1-7-8(4-5-10(14)15)2-3-9(6-12)11(7)13(16)17/h2-5H,1H3,(H,14,15)/b5-4+. The van der Waals surface area contributed by atoms with Gasteiger partial charge in [-0.25, -0.2) is 4.79 Å². The molecule has 0 radical (unpaired) electrons. The summed E-state index contributed by atoms with van der Waals surface area (Å²) >= 11 is 0. The minimum absolute atomic E-state index is 0.0417. The quantitative estimate of drug-likeness (QED) is 0.486. The van der Waals surface area contributed by atoms with Crippen LogP contribution in [0.3, 0.4) is 0 Å². The molecule has 0 bridgehead atoms. The van der Waals surface area contributed by atoms with Gasteiger partial charge in [-0.2, -0.15) is 5.26 Å². The van der Waals surface area contributed by atoms with Gasteiger partial charge in [0.25, 0.3) is 5.69 Å². The fraction of sp³-hybridized carbons (Fsp3) is 0.0909. The molecule has 86 valence electrons. The third kappa shape index (κ3) is 2.66. The van der Waals surface area contributed by atoms with Gasteiger partial charge in [-0.3, -0.25) is 10.1 Å². The molecule has 0 unspecified atom stereocenters. The summed E-state index contributed by atoms with van der Waals surface area (Å²) in [7, 11) is 0. The van der Waals surface area contributed by atoms with Crippen LogP contribution in [0.25, 0.3) is 6.08 Å². The molecule has 1 rings (SSSR count). The lowest BCUT2D eigenvalue weighted by molar-refractivity contribution is -0.385. The van der Waals surface area contributed by atoms with Gasteiger partial charge in [0.05, 0.1) is 4.92 Å². The van der Waals surface area contributed by atoms with Crippen molar-refractivity contribution in [1.82, 2.24) is 0 Å². The number of nitro groups is 1. The first-order chi connectivity index (χ1) is 7.97. The van der Waals surface area contributed by atoms with E-state index in [1.807, 2.05) is 0 Å². The molecule has 0 fully saturated rings. The highest BCUT2D eigenvalue weighted by atomic mass is 16.6. The normalized spacial score (nSPS) is 10.1. The number of nitro benzene ring substituents is 1. The Morgan fingerprint density at radius 1 is 1.59 bits per heavy atom. The number of rotatable bonds is 3. The van der Waals surface area contributed by atoms with Crippen molar-refractivity contribution in [2.75, 3.05) is 0 Å². The Balaban J connectivity index is 3.39. The van der Waals surface area contributed by atoms with Crippen LogP contribution in [0, 0.1) is 28.4 Å². The van der Waals surface area contributed by atoms with Gasteiger partial charge in [-0.15, -0.1) is 0 Å². The van der Waals surface area contributed by atoms with E-state index in [0.717, 1.165) is 6.08 Å². The minimum atomic E-state index is -1.14. The molecule has 0 saturated heterocycles. The SMILES string of the molecule is Cc1c(/C=C/C(=O)O)ccc(C#N)c1[N+](=O)[O-]. The Morgan fingerprint density at radius 3 is 2.71 bits per heavy atom. The highest BCUT2D eigenvalue weighted by Gasteiger charge is 2.18. The maximum atomic E-state index is 10.8. The zero-order valence-corrected chi connectivity index (χ0v) is 8.88. The van der Waals surface area contributed by atoms with Crippen LogP contribution in [0.1, 0.15) is 16.7 Å². The van der Waals surface area contributed by atoms with Crippen LogP contribution < -0.4 is 0 Å². The number of carboxylic acid groups (broad SMARTS) is 1. The van der Waals surface area contributed by atoms with Crippen molar-refractivity contribution in [3.8, 4) is 6.07 Å². The number of nitriles is 1. The Labute approximate surface area is 96.6 Å². The minimum Gasteiger partial charge on any atom is -0.478 e. The van der Waals surface area contributed by atoms with Gasteiger partial charge in [0.1, 0.15) is 11.6 Å². The molecule has 6 nitrogen and oxygen atoms in total. The lowest BCUT2D eigenvalue weighted by atomic mass is 10.0. The van der Waals surface area contributed by atoms with Gasteiger partial charge in [-0.1, -0.05) is 6.07 Å². The van der Waals surface area contributed by atoms with Gasteiger partial charge in [0, 0.05) is 11.6 Å². The average Bonchev–Trinajstić information content (AvgIpc) is 2.26. The summed E-state index contributed by atoms with van der Waals surface area (Å²) in [6.07, 6.45) is 2.14. The van der Waals surface area contributed by atoms with Crippen molar-refractivity contribution in [3.63, 3.8) is 0 Å². The average molecular weight is 232 g/mol. The molecule has 0 aliphatic carbocycles. The van der Waals surface area contributed by atoms with E-state index in [2.05, 4.69) is 0 Å². The number of hydrogen-bond donors (Lipinski definition) is 1. The number of aliphatic carboxylic acids is 1. The van der Waals surface area contributed by atoms with Crippen molar-refractivity contribution < 1.29 is 14.8 Å². The first kappa shape index (κ1) is 12.4. The van der Waals surface area contributed by atoms with Gasteiger partial charge in [0.15, 0.2) is 0 Å². The Bertz CT molecular complexity index is 555. The summed E-state index contributed by atoms with van der Waals surface area (Å²) in [4.78, 5) is 20.5. The monoisotopic (exact) mass is 232 g/mol. The van der Waals surface area contributed by atoms with Crippen LogP contribution in [0.15, 0.2) is 18.2 Å². The van der Waals surface area contributed by atoms with Crippen LogP contribution in [0.2, 0.25) is 0 Å². The number of nitrogens with zero attached hydrogens (tertiary/aromatic N) is 2. The fourth-order valence-electron chi connectivity index (χ4n) is 1.38. The summed E-state index contributed by atoms with van der Waals surface area (Å²) in [5.41, 5.74) is 0.338. The zero-order valence-electron chi connectivity index (χ0n) is 8.88. The van der Waals surface area contributed by atoms with E-state index in [1.165, 1.54) is 25.1 Å². The van der Waals surface area contributed by atoms with E-state index < -0.39 is 10.9 Å². The molecule has 0 atom stereocenters. The summed E-state index contributed by atoms with van der Waals surface area (Å²) in [5, 5.41) is 28.0. The lowest BCUT2D eigenvalue weighted by Gasteiger charge is -2.02. The Morgan fingerprint density at radius 2 is 2.24 bits per heavy atom. The largest absolute Gasteiger partial charge is 0.478 e. The molecule has 1 N–H and O–H groups in total. The van der Waals surface area contributed by atoms with Gasteiger partial charge < -0.3 is 5.11 Å². The predicted octanol–water partition coefficient (Wildman–Crippen LogP) is 1.87. The van der Waals surface area contributed by atoms with Crippen LogP contribution in [-0.2, 0) is 4.79 Å². The second-order valence-electron chi connectivity index (χ2n) is 3.22. The molecular formula is C11H8N2O4. The number of carboxylic acids is 1. The number of carbonyl (C=O) groups is 1. The molecule has 0 aliphatic rings. The summed E-state index contributed by atoms with van der Waals surface area (Å²) in [6, 6.07) is 4.50. The van der Waals surface area contributed by atoms with Crippen molar-refractivity contribution in [2.24, 2.45) is 0 Å². The summed E-state index contributed by atoms with van der Waals surface area (Å²) < 4.78 is 0. The molecule has 0 spiro atoms. The molecule has 6 heteroatoms. The van der Waals surface area contributed by atoms with Crippen LogP contribution in [0.4, 0.5) is 5.69 Å². The zero-order chi connectivity index (χ0) is 13.0. The molecule has 0 saturated carbocycles. The number of hydrogen-bond acceptors (Lipinski definition) is 4. The second kappa shape index (κ2) is 4.90. The highest BCUT2D eigenvalue weighted by Crippen LogP contribution is 2.26. The van der Waals surface area contributed by atoms with Crippen LogP contribution in [-0.4, -0.2) is 16.0 Å². The Kier molecular flexibility index (Phi) is 3.57. The van der Waals surface area contributed by atoms with E-state index in [4.69, 9.17) is 10.4 Å². The molecule has 0 aromatic heterocycles. The molecule has 17 heavy (non-hydrogen) atoms. The van der Waals surface area contributed by atoms with Crippen molar-refractivity contribution in [2.45, 2.75) is 6.92 Å². The van der Waals surface area contributed by atoms with Gasteiger partial charge in [-0.05, 0) is 24.6 Å². The second-order valence-corrected chi connectivity index (χ2v) is 3.22. The molecule has 1 aromatic carbocycles. The van der Waals surface area contributed by atoms with E-state index in [-0.39, 0.29) is 16.8 Å². The Hall–Kier alpha value is -2.68. The van der Waals surface area contributed by atoms with E-state index in [1.54, 1.807) is 6.07 Å². The highest BCUT2D eigenvalue weighted by molar-refractivity contribution is 5.86. The topological polar surface area (TPSA) is 104 Å². The van der Waals surface area contributed by atoms with Gasteiger partial charge in [0.2, 0.25) is 0 Å². The van der Waals surface area contributed by atoms with Crippen molar-refractivity contribution >= 4 is 17.7 Å². The van der Waals surface area contributed by atoms with Crippen molar-refractivity contribution in [3.05, 3.63) is 45.0 Å². The predicted molar refractivity (Wildman–Crippen MR) is 59.2 cm³/mol. The van der Waals surface area contributed by atoms with E-state index in [0.29, 0.717) is 5.56 Å². The van der Waals surface area contributed by atoms with Gasteiger partial charge >= 0.3 is 5.97 Å². The smallest absolute Gasteiger partial charge is 0.328 e. The van der Waals surface area contributed by atoms with Crippen LogP contribution in [0.5, 0.6) is 0 Å². The lowest BCUT2D eigenvalue weighted by Crippen LogP contribution is -1.98. The van der Waals surface area contributed by atoms with Crippen molar-refractivity contribution in [1.29, 1.82) is 5.26 Å². The molecule has 0 amide bonds. The maximum Gasteiger partial charge on any atom is 0.328 e. The van der Waals surface area contributed by atoms with E-state index >= 15 is 0 Å². The van der Waals surface area contributed by atoms with E-state index in [9.17, 15) is 14.9 Å². The van der Waals surface area contributed by atoms with Crippen LogP contribution >= 0.6 is 0 Å². The molecule has 1 aromatic rings. The molecular weight excluding hydrogens is 224 g/mol. The molecule has 0 aliphatic heterocycles. The first-order valence-corrected chi connectivity index (χ1v) is 4.56. The summed E-state index contributed by atoms with van der Waals surface area (Å²) in [5.74, 6) is -1.14. The fourth-order valence-corrected chi connectivity index (χ4v) is 1.38. The molecule has 0 heterocycles. The first-order valence-electron chi connectivity index (χ1n) is 4.56. The summed E-state index contributed by atoms with van der Waals surface area (Å²) in [6.45, 7) is 1.47. The number of benzene rings is 1. The third-order valence-corrected chi connectivity index (χ3v) is 2.18.